The smallest absolute Gasteiger partial charge is 0.410 e. The molecule has 15 heavy (non-hydrogen) atoms. The molecule has 0 saturated carbocycles. The minimum atomic E-state index is -0.230. The molecule has 3 nitrogen and oxygen atoms in total. The molecule has 0 aliphatic carbocycles. The van der Waals surface area contributed by atoms with Crippen molar-refractivity contribution in [1.82, 2.24) is 4.90 Å². The third kappa shape index (κ3) is 2.61. The van der Waals surface area contributed by atoms with Crippen LogP contribution in [0.1, 0.15) is 25.7 Å². The van der Waals surface area contributed by atoms with Crippen LogP contribution in [-0.2, 0) is 4.74 Å². The number of nitrogens with zero attached hydrogens (tertiary/aromatic N) is 1. The molecule has 2 atom stereocenters. The average molecular weight is 209 g/mol. The van der Waals surface area contributed by atoms with Crippen molar-refractivity contribution < 1.29 is 9.53 Å². The van der Waals surface area contributed by atoms with E-state index < -0.39 is 0 Å². The normalized spacial score (nSPS) is 25.0. The van der Waals surface area contributed by atoms with Gasteiger partial charge in [-0.25, -0.2) is 4.79 Å². The lowest BCUT2D eigenvalue weighted by molar-refractivity contribution is 0.103. The number of hydrogen-bond acceptors (Lipinski definition) is 2. The van der Waals surface area contributed by atoms with Crippen molar-refractivity contribution >= 4 is 6.09 Å². The van der Waals surface area contributed by atoms with Crippen molar-refractivity contribution in [2.75, 3.05) is 7.11 Å². The Balaban J connectivity index is 2.71. The van der Waals surface area contributed by atoms with E-state index >= 15 is 0 Å². The molecule has 0 aromatic heterocycles. The van der Waals surface area contributed by atoms with Gasteiger partial charge in [0.15, 0.2) is 0 Å². The number of ether oxygens (including phenoxy) is 1. The molecule has 0 bridgehead atoms. The second-order valence-electron chi connectivity index (χ2n) is 3.81. The lowest BCUT2D eigenvalue weighted by atomic mass is 10.1. The van der Waals surface area contributed by atoms with Crippen molar-refractivity contribution in [2.45, 2.75) is 37.8 Å². The Labute approximate surface area is 91.4 Å². The predicted octanol–water partition coefficient (Wildman–Crippen LogP) is 2.74. The quantitative estimate of drug-likeness (QED) is 0.666. The van der Waals surface area contributed by atoms with Crippen LogP contribution in [0.2, 0.25) is 0 Å². The maximum atomic E-state index is 11.6. The van der Waals surface area contributed by atoms with E-state index in [9.17, 15) is 4.79 Å². The van der Waals surface area contributed by atoms with Gasteiger partial charge in [-0.05, 0) is 25.7 Å². The Bertz CT molecular complexity index is 232. The molecule has 3 heteroatoms. The predicted molar refractivity (Wildman–Crippen MR) is 60.7 cm³/mol. The number of amides is 1. The second-order valence-corrected chi connectivity index (χ2v) is 3.81. The molecule has 1 aliphatic heterocycles. The van der Waals surface area contributed by atoms with Crippen molar-refractivity contribution in [3.63, 3.8) is 0 Å². The topological polar surface area (TPSA) is 29.5 Å². The van der Waals surface area contributed by atoms with Gasteiger partial charge in [0.25, 0.3) is 0 Å². The standard InChI is InChI=1S/C12H19NO2/c1-4-6-10-8-9-11(7-5-2)13(10)12(14)15-3/h4-5,10-11H,1-2,6-9H2,3H3. The maximum absolute atomic E-state index is 11.6. The summed E-state index contributed by atoms with van der Waals surface area (Å²) in [6.45, 7) is 7.43. The van der Waals surface area contributed by atoms with Gasteiger partial charge in [0.2, 0.25) is 0 Å². The van der Waals surface area contributed by atoms with Gasteiger partial charge < -0.3 is 9.64 Å². The summed E-state index contributed by atoms with van der Waals surface area (Å²) in [5, 5.41) is 0. The van der Waals surface area contributed by atoms with Crippen LogP contribution in [0.25, 0.3) is 0 Å². The zero-order valence-corrected chi connectivity index (χ0v) is 9.32. The van der Waals surface area contributed by atoms with E-state index in [1.54, 1.807) is 0 Å². The summed E-state index contributed by atoms with van der Waals surface area (Å²) in [5.41, 5.74) is 0. The summed E-state index contributed by atoms with van der Waals surface area (Å²) in [4.78, 5) is 13.5. The molecule has 0 spiro atoms. The molecule has 2 unspecified atom stereocenters. The Morgan fingerprint density at radius 1 is 1.33 bits per heavy atom. The first kappa shape index (κ1) is 11.8. The van der Waals surface area contributed by atoms with Crippen LogP contribution in [0.3, 0.4) is 0 Å². The summed E-state index contributed by atoms with van der Waals surface area (Å²) in [6.07, 6.45) is 7.21. The van der Waals surface area contributed by atoms with Crippen LogP contribution < -0.4 is 0 Å². The van der Waals surface area contributed by atoms with E-state index in [1.165, 1.54) is 7.11 Å². The van der Waals surface area contributed by atoms with Gasteiger partial charge in [0.05, 0.1) is 7.11 Å². The van der Waals surface area contributed by atoms with Gasteiger partial charge in [-0.1, -0.05) is 12.2 Å². The van der Waals surface area contributed by atoms with E-state index in [-0.39, 0.29) is 18.2 Å². The van der Waals surface area contributed by atoms with Gasteiger partial charge >= 0.3 is 6.09 Å². The first-order valence-electron chi connectivity index (χ1n) is 5.32. The largest absolute Gasteiger partial charge is 0.453 e. The number of methoxy groups -OCH3 is 1. The minimum absolute atomic E-state index is 0.230. The van der Waals surface area contributed by atoms with Crippen LogP contribution in [0.15, 0.2) is 25.3 Å². The summed E-state index contributed by atoms with van der Waals surface area (Å²) in [6, 6.07) is 0.500. The van der Waals surface area contributed by atoms with Crippen molar-refractivity contribution in [3.8, 4) is 0 Å². The third-order valence-corrected chi connectivity index (χ3v) is 2.88. The van der Waals surface area contributed by atoms with Gasteiger partial charge in [0.1, 0.15) is 0 Å². The Morgan fingerprint density at radius 3 is 2.13 bits per heavy atom. The lowest BCUT2D eigenvalue weighted by Gasteiger charge is -2.27. The fraction of sp³-hybridized carbons (Fsp3) is 0.583. The van der Waals surface area contributed by atoms with Crippen LogP contribution in [0, 0.1) is 0 Å². The van der Waals surface area contributed by atoms with E-state index in [0.29, 0.717) is 0 Å². The molecule has 0 N–H and O–H groups in total. The van der Waals surface area contributed by atoms with Gasteiger partial charge in [-0.15, -0.1) is 13.2 Å². The van der Waals surface area contributed by atoms with Gasteiger partial charge in [0, 0.05) is 12.1 Å². The number of carbonyl (C=O) groups is 1. The van der Waals surface area contributed by atoms with Gasteiger partial charge in [-0.3, -0.25) is 0 Å². The monoisotopic (exact) mass is 209 g/mol. The number of likely N-dealkylation sites (tertiary alicyclic amines) is 1. The Hall–Kier alpha value is -1.25. The van der Waals surface area contributed by atoms with Crippen molar-refractivity contribution in [2.24, 2.45) is 0 Å². The highest BCUT2D eigenvalue weighted by molar-refractivity contribution is 5.68. The molecule has 0 aromatic carbocycles. The summed E-state index contributed by atoms with van der Waals surface area (Å²) < 4.78 is 4.81. The first-order chi connectivity index (χ1) is 7.24. The van der Waals surface area contributed by atoms with Gasteiger partial charge in [-0.2, -0.15) is 0 Å². The average Bonchev–Trinajstić information content (AvgIpc) is 2.62. The highest BCUT2D eigenvalue weighted by Crippen LogP contribution is 2.29. The van der Waals surface area contributed by atoms with E-state index in [1.807, 2.05) is 17.1 Å². The molecule has 0 aromatic rings. The Morgan fingerprint density at radius 2 is 1.80 bits per heavy atom. The molecule has 0 radical (unpaired) electrons. The lowest BCUT2D eigenvalue weighted by Crippen LogP contribution is -2.40. The van der Waals surface area contributed by atoms with Crippen LogP contribution >= 0.6 is 0 Å². The van der Waals surface area contributed by atoms with Crippen molar-refractivity contribution in [1.29, 1.82) is 0 Å². The highest BCUT2D eigenvalue weighted by Gasteiger charge is 2.35. The molecule has 1 saturated heterocycles. The minimum Gasteiger partial charge on any atom is -0.453 e. The molecule has 1 rings (SSSR count). The van der Waals surface area contributed by atoms with Crippen LogP contribution in [0.5, 0.6) is 0 Å². The molecule has 1 aliphatic rings. The molecular formula is C12H19NO2. The third-order valence-electron chi connectivity index (χ3n) is 2.88. The summed E-state index contributed by atoms with van der Waals surface area (Å²) in [7, 11) is 1.43. The summed E-state index contributed by atoms with van der Waals surface area (Å²) >= 11 is 0. The SMILES string of the molecule is C=CCC1CCC(CC=C)N1C(=O)OC. The fourth-order valence-electron chi connectivity index (χ4n) is 2.21. The molecular weight excluding hydrogens is 190 g/mol. The number of hydrogen-bond donors (Lipinski definition) is 0. The second kappa shape index (κ2) is 5.59. The van der Waals surface area contributed by atoms with E-state index in [2.05, 4.69) is 13.2 Å². The zero-order valence-electron chi connectivity index (χ0n) is 9.32. The van der Waals surface area contributed by atoms with Crippen LogP contribution in [0.4, 0.5) is 4.79 Å². The van der Waals surface area contributed by atoms with Crippen LogP contribution in [-0.4, -0.2) is 30.2 Å². The molecule has 1 amide bonds. The van der Waals surface area contributed by atoms with E-state index in [0.717, 1.165) is 25.7 Å². The molecule has 1 heterocycles. The highest BCUT2D eigenvalue weighted by atomic mass is 16.5. The summed E-state index contributed by atoms with van der Waals surface area (Å²) in [5.74, 6) is 0. The first-order valence-corrected chi connectivity index (χ1v) is 5.32. The fourth-order valence-corrected chi connectivity index (χ4v) is 2.21. The molecule has 84 valence electrons. The number of carbonyl (C=O) groups excluding carboxylic acids is 1. The zero-order chi connectivity index (χ0) is 11.3. The Kier molecular flexibility index (Phi) is 4.40. The maximum Gasteiger partial charge on any atom is 0.410 e. The van der Waals surface area contributed by atoms with Crippen molar-refractivity contribution in [3.05, 3.63) is 25.3 Å². The number of rotatable bonds is 4. The van der Waals surface area contributed by atoms with E-state index in [4.69, 9.17) is 4.74 Å². The molecule has 1 fully saturated rings.